The molecule has 4 aromatic rings. The highest BCUT2D eigenvalue weighted by Crippen LogP contribution is 2.27. The first kappa shape index (κ1) is 17.4. The topological polar surface area (TPSA) is 84.0 Å². The van der Waals surface area contributed by atoms with Crippen LogP contribution in [0.3, 0.4) is 0 Å². The fourth-order valence-corrected chi connectivity index (χ4v) is 4.27. The molecular weight excluding hydrogens is 387 g/mol. The van der Waals surface area contributed by atoms with Crippen LogP contribution < -0.4 is 10.0 Å². The first-order valence-electron chi connectivity index (χ1n) is 7.85. The fraction of sp³-hybridized carbons (Fsp3) is 0. The predicted octanol–water partition coefficient (Wildman–Crippen LogP) is 4.37. The summed E-state index contributed by atoms with van der Waals surface area (Å²) in [4.78, 5) is 9.32. The van der Waals surface area contributed by atoms with E-state index >= 15 is 0 Å². The summed E-state index contributed by atoms with van der Waals surface area (Å²) in [6, 6.07) is 13.3. The van der Waals surface area contributed by atoms with Crippen LogP contribution in [0.2, 0.25) is 0 Å². The van der Waals surface area contributed by atoms with Crippen molar-refractivity contribution in [1.82, 2.24) is 9.97 Å². The Labute approximate surface area is 158 Å². The van der Waals surface area contributed by atoms with Crippen LogP contribution in [-0.2, 0) is 10.0 Å². The van der Waals surface area contributed by atoms with Gasteiger partial charge < -0.3 is 5.32 Å². The van der Waals surface area contributed by atoms with E-state index in [1.54, 1.807) is 24.3 Å². The van der Waals surface area contributed by atoms with Gasteiger partial charge in [0.05, 0.1) is 10.3 Å². The van der Waals surface area contributed by atoms with E-state index < -0.39 is 15.8 Å². The third-order valence-electron chi connectivity index (χ3n) is 3.79. The molecule has 0 radical (unpaired) electrons. The van der Waals surface area contributed by atoms with E-state index in [2.05, 4.69) is 20.0 Å². The molecule has 0 saturated carbocycles. The molecule has 0 saturated heterocycles. The van der Waals surface area contributed by atoms with E-state index in [-0.39, 0.29) is 4.90 Å². The van der Waals surface area contributed by atoms with Gasteiger partial charge in [0.2, 0.25) is 0 Å². The molecule has 0 fully saturated rings. The van der Waals surface area contributed by atoms with Crippen LogP contribution in [0.15, 0.2) is 71.2 Å². The normalized spacial score (nSPS) is 11.4. The Bertz CT molecular complexity index is 1190. The molecule has 136 valence electrons. The third-order valence-corrected chi connectivity index (χ3v) is 6.00. The second-order valence-corrected chi connectivity index (χ2v) is 8.20. The van der Waals surface area contributed by atoms with Crippen LogP contribution in [0.1, 0.15) is 0 Å². The van der Waals surface area contributed by atoms with Gasteiger partial charge in [0, 0.05) is 11.4 Å². The van der Waals surface area contributed by atoms with Crippen molar-refractivity contribution in [2.75, 3.05) is 10.0 Å². The molecule has 2 aromatic heterocycles. The van der Waals surface area contributed by atoms with Gasteiger partial charge >= 0.3 is 0 Å². The zero-order valence-corrected chi connectivity index (χ0v) is 15.4. The van der Waals surface area contributed by atoms with Crippen LogP contribution in [-0.4, -0.2) is 18.4 Å². The number of rotatable bonds is 5. The number of sulfonamides is 1. The lowest BCUT2D eigenvalue weighted by atomic mass is 10.3. The second kappa shape index (κ2) is 6.93. The number of anilines is 3. The number of nitrogens with zero attached hydrogens (tertiary/aromatic N) is 2. The van der Waals surface area contributed by atoms with Gasteiger partial charge in [-0.05, 0) is 60.0 Å². The lowest BCUT2D eigenvalue weighted by molar-refractivity contribution is 0.599. The summed E-state index contributed by atoms with van der Waals surface area (Å²) in [7, 11) is -3.78. The molecule has 4 rings (SSSR count). The molecule has 0 amide bonds. The fourth-order valence-electron chi connectivity index (χ4n) is 2.48. The molecule has 0 spiro atoms. The highest BCUT2D eigenvalue weighted by Gasteiger charge is 2.14. The molecular formula is C18H13FN4O2S2. The maximum absolute atomic E-state index is 13.0. The van der Waals surface area contributed by atoms with Crippen molar-refractivity contribution < 1.29 is 12.8 Å². The smallest absolute Gasteiger partial charge is 0.261 e. The molecule has 0 bridgehead atoms. The number of thiophene rings is 1. The Hall–Kier alpha value is -3.04. The van der Waals surface area contributed by atoms with Gasteiger partial charge in [0.15, 0.2) is 0 Å². The van der Waals surface area contributed by atoms with Crippen molar-refractivity contribution in [3.05, 3.63) is 72.1 Å². The van der Waals surface area contributed by atoms with Crippen molar-refractivity contribution in [1.29, 1.82) is 0 Å². The number of hydrogen-bond acceptors (Lipinski definition) is 6. The molecule has 2 heterocycles. The number of halogens is 1. The minimum absolute atomic E-state index is 0.00747. The maximum Gasteiger partial charge on any atom is 0.261 e. The summed E-state index contributed by atoms with van der Waals surface area (Å²) in [5.41, 5.74) is 1.15. The maximum atomic E-state index is 13.0. The second-order valence-electron chi connectivity index (χ2n) is 5.62. The highest BCUT2D eigenvalue weighted by atomic mass is 32.2. The SMILES string of the molecule is O=S(=O)(Nc1ccc(Nc2ncnc3sccc23)cc1)c1ccc(F)cc1. The first-order chi connectivity index (χ1) is 13.0. The van der Waals surface area contributed by atoms with Gasteiger partial charge in [-0.3, -0.25) is 4.72 Å². The zero-order chi connectivity index (χ0) is 18.9. The standard InChI is InChI=1S/C18H13FN4O2S2/c19-12-1-7-15(8-2-12)27(24,25)23-14-5-3-13(4-6-14)22-17-16-9-10-26-18(16)21-11-20-17/h1-11,23H,(H,20,21,22). The summed E-state index contributed by atoms with van der Waals surface area (Å²) in [6.07, 6.45) is 1.49. The monoisotopic (exact) mass is 400 g/mol. The van der Waals surface area contributed by atoms with Crippen molar-refractivity contribution in [3.63, 3.8) is 0 Å². The van der Waals surface area contributed by atoms with Crippen LogP contribution in [0.5, 0.6) is 0 Å². The Morgan fingerprint density at radius 3 is 2.33 bits per heavy atom. The van der Waals surface area contributed by atoms with E-state index in [0.717, 1.165) is 28.0 Å². The quantitative estimate of drug-likeness (QED) is 0.520. The van der Waals surface area contributed by atoms with Crippen molar-refractivity contribution in [2.24, 2.45) is 0 Å². The Kier molecular flexibility index (Phi) is 4.46. The summed E-state index contributed by atoms with van der Waals surface area (Å²) >= 11 is 1.53. The molecule has 6 nitrogen and oxygen atoms in total. The minimum Gasteiger partial charge on any atom is -0.340 e. The lowest BCUT2D eigenvalue weighted by Gasteiger charge is -2.10. The summed E-state index contributed by atoms with van der Waals surface area (Å²) in [6.45, 7) is 0. The zero-order valence-electron chi connectivity index (χ0n) is 13.8. The predicted molar refractivity (Wildman–Crippen MR) is 104 cm³/mol. The van der Waals surface area contributed by atoms with Crippen molar-refractivity contribution >= 4 is 48.8 Å². The van der Waals surface area contributed by atoms with Crippen LogP contribution >= 0.6 is 11.3 Å². The van der Waals surface area contributed by atoms with Gasteiger partial charge in [0.1, 0.15) is 22.8 Å². The van der Waals surface area contributed by atoms with E-state index in [0.29, 0.717) is 11.5 Å². The summed E-state index contributed by atoms with van der Waals surface area (Å²) in [5, 5.41) is 6.06. The highest BCUT2D eigenvalue weighted by molar-refractivity contribution is 7.92. The van der Waals surface area contributed by atoms with E-state index in [9.17, 15) is 12.8 Å². The number of aromatic nitrogens is 2. The molecule has 9 heteroatoms. The number of benzene rings is 2. The van der Waals surface area contributed by atoms with E-state index in [1.165, 1.54) is 29.8 Å². The molecule has 2 aromatic carbocycles. The molecule has 0 atom stereocenters. The van der Waals surface area contributed by atoms with Gasteiger partial charge in [-0.2, -0.15) is 0 Å². The average Bonchev–Trinajstić information content (AvgIpc) is 3.13. The number of fused-ring (bicyclic) bond motifs is 1. The van der Waals surface area contributed by atoms with Crippen LogP contribution in [0.25, 0.3) is 10.2 Å². The number of hydrogen-bond donors (Lipinski definition) is 2. The molecule has 0 aliphatic carbocycles. The van der Waals surface area contributed by atoms with E-state index in [1.807, 2.05) is 11.4 Å². The van der Waals surface area contributed by atoms with Crippen molar-refractivity contribution in [2.45, 2.75) is 4.90 Å². The van der Waals surface area contributed by atoms with Crippen molar-refractivity contribution in [3.8, 4) is 0 Å². The minimum atomic E-state index is -3.78. The Morgan fingerprint density at radius 2 is 1.59 bits per heavy atom. The lowest BCUT2D eigenvalue weighted by Crippen LogP contribution is -2.12. The Balaban J connectivity index is 1.52. The molecule has 0 aliphatic rings. The Morgan fingerprint density at radius 1 is 0.889 bits per heavy atom. The summed E-state index contributed by atoms with van der Waals surface area (Å²) < 4.78 is 40.1. The molecule has 0 aliphatic heterocycles. The molecule has 0 unspecified atom stereocenters. The molecule has 27 heavy (non-hydrogen) atoms. The van der Waals surface area contributed by atoms with Gasteiger partial charge in [-0.25, -0.2) is 22.8 Å². The van der Waals surface area contributed by atoms with Crippen LogP contribution in [0, 0.1) is 5.82 Å². The van der Waals surface area contributed by atoms with E-state index in [4.69, 9.17) is 0 Å². The van der Waals surface area contributed by atoms with Gasteiger partial charge in [-0.1, -0.05) is 0 Å². The largest absolute Gasteiger partial charge is 0.340 e. The van der Waals surface area contributed by atoms with Gasteiger partial charge in [0.25, 0.3) is 10.0 Å². The summed E-state index contributed by atoms with van der Waals surface area (Å²) in [5.74, 6) is 0.190. The third kappa shape index (κ3) is 3.74. The first-order valence-corrected chi connectivity index (χ1v) is 10.2. The molecule has 2 N–H and O–H groups in total. The van der Waals surface area contributed by atoms with Gasteiger partial charge in [-0.15, -0.1) is 11.3 Å². The number of nitrogens with one attached hydrogen (secondary N) is 2. The van der Waals surface area contributed by atoms with Crippen LogP contribution in [0.4, 0.5) is 21.6 Å². The average molecular weight is 400 g/mol.